The molecule has 8 heteroatoms. The number of esters is 1. The lowest BCUT2D eigenvalue weighted by atomic mass is 10.3. The molecule has 0 heterocycles. The number of phosphoric acid groups is 1. The Hall–Kier alpha value is -1.82. The van der Waals surface area contributed by atoms with Crippen molar-refractivity contribution in [3.05, 3.63) is 36.4 Å². The summed E-state index contributed by atoms with van der Waals surface area (Å²) in [5.41, 5.74) is 0.289. The molecule has 1 N–H and O–H groups in total. The molecule has 1 aromatic carbocycles. The van der Waals surface area contributed by atoms with Crippen molar-refractivity contribution >= 4 is 13.8 Å². The molecule has 0 bridgehead atoms. The molecule has 1 unspecified atom stereocenters. The standard InChI is InChI=1S/C15H21O7P/c1-4-19-13-6-8-14(9-7-13)22-23(17,18)21-11-5-10-20-15(16)12(2)3/h6-9H,2,4-5,10-11H2,1,3H3,(H,17,18). The van der Waals surface area contributed by atoms with Gasteiger partial charge >= 0.3 is 13.8 Å². The van der Waals surface area contributed by atoms with Gasteiger partial charge in [0.25, 0.3) is 0 Å². The van der Waals surface area contributed by atoms with E-state index in [2.05, 4.69) is 6.58 Å². The minimum atomic E-state index is -4.23. The Bertz CT molecular complexity index is 568. The summed E-state index contributed by atoms with van der Waals surface area (Å²) in [5, 5.41) is 0. The highest BCUT2D eigenvalue weighted by Gasteiger charge is 2.22. The fourth-order valence-electron chi connectivity index (χ4n) is 1.45. The second-order valence-electron chi connectivity index (χ2n) is 4.57. The van der Waals surface area contributed by atoms with Crippen LogP contribution in [0.1, 0.15) is 20.3 Å². The first-order valence-corrected chi connectivity index (χ1v) is 8.56. The van der Waals surface area contributed by atoms with Gasteiger partial charge in [0.2, 0.25) is 0 Å². The Morgan fingerprint density at radius 3 is 2.39 bits per heavy atom. The van der Waals surface area contributed by atoms with Crippen LogP contribution in [0.25, 0.3) is 0 Å². The predicted octanol–water partition coefficient (Wildman–Crippen LogP) is 3.09. The van der Waals surface area contributed by atoms with E-state index in [1.165, 1.54) is 19.1 Å². The summed E-state index contributed by atoms with van der Waals surface area (Å²) < 4.78 is 31.5. The van der Waals surface area contributed by atoms with Crippen molar-refractivity contribution in [3.8, 4) is 11.5 Å². The topological polar surface area (TPSA) is 91.3 Å². The summed E-state index contributed by atoms with van der Waals surface area (Å²) in [7, 11) is -4.23. The van der Waals surface area contributed by atoms with Gasteiger partial charge in [-0.3, -0.25) is 9.42 Å². The second kappa shape index (κ2) is 9.35. The molecule has 0 spiro atoms. The molecule has 128 valence electrons. The van der Waals surface area contributed by atoms with Gasteiger partial charge in [-0.15, -0.1) is 0 Å². The van der Waals surface area contributed by atoms with Gasteiger partial charge in [-0.25, -0.2) is 9.36 Å². The van der Waals surface area contributed by atoms with Crippen LogP contribution in [0.15, 0.2) is 36.4 Å². The number of benzene rings is 1. The molecule has 7 nitrogen and oxygen atoms in total. The molecule has 0 aliphatic heterocycles. The van der Waals surface area contributed by atoms with Crippen molar-refractivity contribution in [2.75, 3.05) is 19.8 Å². The van der Waals surface area contributed by atoms with E-state index < -0.39 is 13.8 Å². The lowest BCUT2D eigenvalue weighted by Crippen LogP contribution is -2.08. The molecule has 1 atom stereocenters. The van der Waals surface area contributed by atoms with Gasteiger partial charge in [0.1, 0.15) is 11.5 Å². The molecule has 23 heavy (non-hydrogen) atoms. The number of carbonyl (C=O) groups excluding carboxylic acids is 1. The monoisotopic (exact) mass is 344 g/mol. The highest BCUT2D eigenvalue weighted by atomic mass is 31.2. The smallest absolute Gasteiger partial charge is 0.494 e. The molecule has 1 rings (SSSR count). The summed E-state index contributed by atoms with van der Waals surface area (Å²) in [5.74, 6) is 0.309. The van der Waals surface area contributed by atoms with E-state index in [-0.39, 0.29) is 31.0 Å². The van der Waals surface area contributed by atoms with Crippen LogP contribution in [0, 0.1) is 0 Å². The number of rotatable bonds is 10. The van der Waals surface area contributed by atoms with E-state index in [1.54, 1.807) is 12.1 Å². The number of ether oxygens (including phenoxy) is 2. The highest BCUT2D eigenvalue weighted by molar-refractivity contribution is 7.47. The molecular formula is C15H21O7P. The van der Waals surface area contributed by atoms with E-state index in [1.807, 2.05) is 6.92 Å². The average molecular weight is 344 g/mol. The first-order chi connectivity index (χ1) is 10.8. The molecule has 0 aliphatic carbocycles. The lowest BCUT2D eigenvalue weighted by molar-refractivity contribution is -0.139. The van der Waals surface area contributed by atoms with E-state index in [0.29, 0.717) is 12.4 Å². The Kier molecular flexibility index (Phi) is 7.81. The zero-order chi connectivity index (χ0) is 17.3. The Morgan fingerprint density at radius 1 is 1.22 bits per heavy atom. The molecular weight excluding hydrogens is 323 g/mol. The normalized spacial score (nSPS) is 13.0. The molecule has 0 aliphatic rings. The minimum Gasteiger partial charge on any atom is -0.494 e. The van der Waals surface area contributed by atoms with Gasteiger partial charge in [-0.05, 0) is 38.1 Å². The van der Waals surface area contributed by atoms with E-state index in [0.717, 1.165) is 0 Å². The van der Waals surface area contributed by atoms with E-state index >= 15 is 0 Å². The lowest BCUT2D eigenvalue weighted by Gasteiger charge is -2.13. The Labute approximate surface area is 135 Å². The first-order valence-electron chi connectivity index (χ1n) is 7.06. The molecule has 1 aromatic rings. The summed E-state index contributed by atoms with van der Waals surface area (Å²) in [6, 6.07) is 6.25. The van der Waals surface area contributed by atoms with E-state index in [9.17, 15) is 14.3 Å². The average Bonchev–Trinajstić information content (AvgIpc) is 2.48. The first kappa shape index (κ1) is 19.2. The van der Waals surface area contributed by atoms with Crippen LogP contribution >= 0.6 is 7.82 Å². The fraction of sp³-hybridized carbons (Fsp3) is 0.400. The zero-order valence-electron chi connectivity index (χ0n) is 13.2. The van der Waals surface area contributed by atoms with Crippen molar-refractivity contribution in [3.63, 3.8) is 0 Å². The molecule has 0 radical (unpaired) electrons. The summed E-state index contributed by atoms with van der Waals surface area (Å²) in [4.78, 5) is 20.7. The van der Waals surface area contributed by atoms with Gasteiger partial charge in [0.05, 0.1) is 19.8 Å². The van der Waals surface area contributed by atoms with Crippen LogP contribution < -0.4 is 9.26 Å². The Balaban J connectivity index is 2.34. The SMILES string of the molecule is C=C(C)C(=O)OCCCOP(=O)(O)Oc1ccc(OCC)cc1. The van der Waals surface area contributed by atoms with Gasteiger partial charge in [-0.2, -0.15) is 0 Å². The maximum atomic E-state index is 11.8. The van der Waals surface area contributed by atoms with E-state index in [4.69, 9.17) is 18.5 Å². The summed E-state index contributed by atoms with van der Waals surface area (Å²) in [6.45, 7) is 7.33. The number of carbonyl (C=O) groups is 1. The maximum Gasteiger partial charge on any atom is 0.527 e. The third kappa shape index (κ3) is 7.83. The van der Waals surface area contributed by atoms with Crippen LogP contribution in [0.4, 0.5) is 0 Å². The van der Waals surface area contributed by atoms with Crippen LogP contribution in [0.2, 0.25) is 0 Å². The summed E-state index contributed by atoms with van der Waals surface area (Å²) in [6.07, 6.45) is 0.260. The molecule has 0 fully saturated rings. The molecule has 0 aromatic heterocycles. The van der Waals surface area contributed by atoms with Crippen LogP contribution in [0.5, 0.6) is 11.5 Å². The summed E-state index contributed by atoms with van der Waals surface area (Å²) >= 11 is 0. The third-order valence-corrected chi connectivity index (χ3v) is 3.43. The van der Waals surface area contributed by atoms with Crippen molar-refractivity contribution in [1.29, 1.82) is 0 Å². The largest absolute Gasteiger partial charge is 0.527 e. The van der Waals surface area contributed by atoms with Crippen LogP contribution in [-0.2, 0) is 18.6 Å². The zero-order valence-corrected chi connectivity index (χ0v) is 14.1. The van der Waals surface area contributed by atoms with Crippen molar-refractivity contribution in [2.45, 2.75) is 20.3 Å². The minimum absolute atomic E-state index is 0.0642. The number of phosphoric ester groups is 1. The van der Waals surface area contributed by atoms with Crippen LogP contribution in [0.3, 0.4) is 0 Å². The van der Waals surface area contributed by atoms with Gasteiger partial charge in [-0.1, -0.05) is 6.58 Å². The van der Waals surface area contributed by atoms with Crippen molar-refractivity contribution in [2.24, 2.45) is 0 Å². The predicted molar refractivity (Wildman–Crippen MR) is 84.4 cm³/mol. The van der Waals surface area contributed by atoms with Crippen molar-refractivity contribution < 1.29 is 32.8 Å². The number of hydrogen-bond donors (Lipinski definition) is 1. The molecule has 0 amide bonds. The molecule has 0 saturated heterocycles. The highest BCUT2D eigenvalue weighted by Crippen LogP contribution is 2.44. The fourth-order valence-corrected chi connectivity index (χ4v) is 2.25. The molecule has 0 saturated carbocycles. The quantitative estimate of drug-likeness (QED) is 0.302. The second-order valence-corrected chi connectivity index (χ2v) is 5.95. The number of hydrogen-bond acceptors (Lipinski definition) is 6. The third-order valence-electron chi connectivity index (χ3n) is 2.48. The van der Waals surface area contributed by atoms with Crippen LogP contribution in [-0.4, -0.2) is 30.7 Å². The Morgan fingerprint density at radius 2 is 1.83 bits per heavy atom. The van der Waals surface area contributed by atoms with Gasteiger partial charge < -0.3 is 14.0 Å². The van der Waals surface area contributed by atoms with Crippen molar-refractivity contribution in [1.82, 2.24) is 0 Å². The van der Waals surface area contributed by atoms with Gasteiger partial charge in [0, 0.05) is 12.0 Å². The maximum absolute atomic E-state index is 11.8. The van der Waals surface area contributed by atoms with Gasteiger partial charge in [0.15, 0.2) is 0 Å².